The van der Waals surface area contributed by atoms with Crippen LogP contribution in [0.3, 0.4) is 0 Å². The van der Waals surface area contributed by atoms with Crippen molar-refractivity contribution in [2.45, 2.75) is 13.0 Å². The zero-order valence-electron chi connectivity index (χ0n) is 11.3. The van der Waals surface area contributed by atoms with E-state index in [0.29, 0.717) is 11.4 Å². The number of pyridine rings is 1. The summed E-state index contributed by atoms with van der Waals surface area (Å²) in [5.41, 5.74) is 7.01. The normalized spacial score (nSPS) is 9.90. The maximum Gasteiger partial charge on any atom is 0.412 e. The second-order valence-corrected chi connectivity index (χ2v) is 4.37. The van der Waals surface area contributed by atoms with Crippen molar-refractivity contribution in [2.75, 3.05) is 5.32 Å². The predicted octanol–water partition coefficient (Wildman–Crippen LogP) is 1.86. The van der Waals surface area contributed by atoms with Gasteiger partial charge in [0.1, 0.15) is 6.61 Å². The molecule has 0 aliphatic carbocycles. The van der Waals surface area contributed by atoms with Gasteiger partial charge in [0, 0.05) is 5.69 Å². The maximum atomic E-state index is 11.6. The molecule has 0 aliphatic heterocycles. The maximum absolute atomic E-state index is 11.6. The van der Waals surface area contributed by atoms with Gasteiger partial charge in [-0.2, -0.15) is 0 Å². The van der Waals surface area contributed by atoms with Crippen molar-refractivity contribution in [3.8, 4) is 0 Å². The van der Waals surface area contributed by atoms with Crippen LogP contribution < -0.4 is 11.1 Å². The minimum atomic E-state index is -0.566. The lowest BCUT2D eigenvalue weighted by Gasteiger charge is -2.07. The lowest BCUT2D eigenvalue weighted by atomic mass is 10.2. The van der Waals surface area contributed by atoms with E-state index < -0.39 is 12.0 Å². The van der Waals surface area contributed by atoms with Gasteiger partial charge in [0.05, 0.1) is 18.3 Å². The van der Waals surface area contributed by atoms with Gasteiger partial charge in [-0.3, -0.25) is 15.1 Å². The zero-order valence-corrected chi connectivity index (χ0v) is 11.3. The summed E-state index contributed by atoms with van der Waals surface area (Å²) in [6.45, 7) is 0.194. The molecule has 2 rings (SSSR count). The number of primary amides is 1. The first kappa shape index (κ1) is 14.5. The number of benzene rings is 1. The van der Waals surface area contributed by atoms with Crippen LogP contribution in [-0.4, -0.2) is 17.0 Å². The number of amides is 2. The number of carbonyl (C=O) groups excluding carboxylic acids is 2. The Labute approximate surface area is 121 Å². The fraction of sp³-hybridized carbons (Fsp3) is 0.133. The quantitative estimate of drug-likeness (QED) is 0.876. The van der Waals surface area contributed by atoms with Gasteiger partial charge < -0.3 is 10.5 Å². The SMILES string of the molecule is NC(=O)Cc1ccc(NC(=O)OCc2ccccc2)cn1. The van der Waals surface area contributed by atoms with Crippen molar-refractivity contribution < 1.29 is 14.3 Å². The van der Waals surface area contributed by atoms with E-state index in [4.69, 9.17) is 10.5 Å². The van der Waals surface area contributed by atoms with Gasteiger partial charge in [0.25, 0.3) is 0 Å². The third-order valence-corrected chi connectivity index (χ3v) is 2.64. The van der Waals surface area contributed by atoms with E-state index in [1.165, 1.54) is 6.20 Å². The fourth-order valence-electron chi connectivity index (χ4n) is 1.66. The molecule has 0 spiro atoms. The van der Waals surface area contributed by atoms with Crippen LogP contribution in [0.1, 0.15) is 11.3 Å². The summed E-state index contributed by atoms with van der Waals surface area (Å²) in [5, 5.41) is 2.55. The smallest absolute Gasteiger partial charge is 0.412 e. The van der Waals surface area contributed by atoms with E-state index in [0.717, 1.165) is 5.56 Å². The molecule has 1 aromatic heterocycles. The van der Waals surface area contributed by atoms with Crippen molar-refractivity contribution in [1.82, 2.24) is 4.98 Å². The Balaban J connectivity index is 1.83. The lowest BCUT2D eigenvalue weighted by Crippen LogP contribution is -2.15. The van der Waals surface area contributed by atoms with Crippen LogP contribution in [0.5, 0.6) is 0 Å². The molecule has 2 aromatic rings. The Morgan fingerprint density at radius 2 is 1.90 bits per heavy atom. The lowest BCUT2D eigenvalue weighted by molar-refractivity contribution is -0.117. The van der Waals surface area contributed by atoms with Crippen LogP contribution in [0, 0.1) is 0 Å². The number of hydrogen-bond acceptors (Lipinski definition) is 4. The molecule has 21 heavy (non-hydrogen) atoms. The van der Waals surface area contributed by atoms with Crippen molar-refractivity contribution >= 4 is 17.7 Å². The number of nitrogens with zero attached hydrogens (tertiary/aromatic N) is 1. The Hall–Kier alpha value is -2.89. The summed E-state index contributed by atoms with van der Waals surface area (Å²) >= 11 is 0. The molecule has 0 unspecified atom stereocenters. The monoisotopic (exact) mass is 285 g/mol. The zero-order chi connectivity index (χ0) is 15.1. The second-order valence-electron chi connectivity index (χ2n) is 4.37. The molecule has 0 fully saturated rings. The Morgan fingerprint density at radius 1 is 1.14 bits per heavy atom. The van der Waals surface area contributed by atoms with E-state index in [2.05, 4.69) is 10.3 Å². The van der Waals surface area contributed by atoms with Gasteiger partial charge in [-0.1, -0.05) is 30.3 Å². The largest absolute Gasteiger partial charge is 0.444 e. The molecular formula is C15H15N3O3. The Kier molecular flexibility index (Phi) is 4.87. The molecule has 0 atom stereocenters. The first-order chi connectivity index (χ1) is 10.1. The first-order valence-corrected chi connectivity index (χ1v) is 6.34. The minimum Gasteiger partial charge on any atom is -0.444 e. The average Bonchev–Trinajstić information content (AvgIpc) is 2.48. The van der Waals surface area contributed by atoms with E-state index in [1.54, 1.807) is 12.1 Å². The molecule has 0 saturated heterocycles. The van der Waals surface area contributed by atoms with Crippen molar-refractivity contribution in [3.05, 3.63) is 59.9 Å². The minimum absolute atomic E-state index is 0.0682. The Morgan fingerprint density at radius 3 is 2.52 bits per heavy atom. The number of nitrogens with two attached hydrogens (primary N) is 1. The van der Waals surface area contributed by atoms with Gasteiger partial charge in [0.15, 0.2) is 0 Å². The number of rotatable bonds is 5. The highest BCUT2D eigenvalue weighted by molar-refractivity contribution is 5.84. The van der Waals surface area contributed by atoms with E-state index in [9.17, 15) is 9.59 Å². The van der Waals surface area contributed by atoms with E-state index in [-0.39, 0.29) is 13.0 Å². The molecule has 0 radical (unpaired) electrons. The summed E-state index contributed by atoms with van der Waals surface area (Å²) in [6.07, 6.45) is 0.948. The van der Waals surface area contributed by atoms with Crippen LogP contribution in [0.15, 0.2) is 48.7 Å². The number of ether oxygens (including phenoxy) is 1. The number of anilines is 1. The summed E-state index contributed by atoms with van der Waals surface area (Å²) in [4.78, 5) is 26.4. The average molecular weight is 285 g/mol. The predicted molar refractivity (Wildman–Crippen MR) is 77.4 cm³/mol. The second kappa shape index (κ2) is 7.04. The van der Waals surface area contributed by atoms with Gasteiger partial charge in [-0.15, -0.1) is 0 Å². The third-order valence-electron chi connectivity index (χ3n) is 2.64. The third kappa shape index (κ3) is 4.94. The van der Waals surface area contributed by atoms with Crippen molar-refractivity contribution in [2.24, 2.45) is 5.73 Å². The molecule has 0 saturated carbocycles. The molecule has 0 bridgehead atoms. The van der Waals surface area contributed by atoms with Crippen LogP contribution in [-0.2, 0) is 22.6 Å². The number of hydrogen-bond donors (Lipinski definition) is 2. The van der Waals surface area contributed by atoms with Gasteiger partial charge in [-0.05, 0) is 17.7 Å². The van der Waals surface area contributed by atoms with Gasteiger partial charge in [-0.25, -0.2) is 4.79 Å². The fourth-order valence-corrected chi connectivity index (χ4v) is 1.66. The molecule has 1 heterocycles. The van der Waals surface area contributed by atoms with E-state index in [1.807, 2.05) is 30.3 Å². The van der Waals surface area contributed by atoms with Gasteiger partial charge in [0.2, 0.25) is 5.91 Å². The molecule has 2 amide bonds. The number of carbonyl (C=O) groups is 2. The highest BCUT2D eigenvalue weighted by atomic mass is 16.5. The highest BCUT2D eigenvalue weighted by Crippen LogP contribution is 2.08. The summed E-state index contributed by atoms with van der Waals surface area (Å²) in [7, 11) is 0. The molecule has 1 aromatic carbocycles. The molecule has 108 valence electrons. The van der Waals surface area contributed by atoms with Crippen molar-refractivity contribution in [3.63, 3.8) is 0 Å². The topological polar surface area (TPSA) is 94.3 Å². The molecule has 6 heteroatoms. The molecule has 3 N–H and O–H groups in total. The first-order valence-electron chi connectivity index (χ1n) is 6.34. The standard InChI is InChI=1S/C15H15N3O3/c16-14(19)8-12-6-7-13(9-17-12)18-15(20)21-10-11-4-2-1-3-5-11/h1-7,9H,8,10H2,(H2,16,19)(H,18,20). The number of aromatic nitrogens is 1. The molecule has 0 aliphatic rings. The molecular weight excluding hydrogens is 270 g/mol. The highest BCUT2D eigenvalue weighted by Gasteiger charge is 2.05. The summed E-state index contributed by atoms with van der Waals surface area (Å²) in [5.74, 6) is -0.453. The van der Waals surface area contributed by atoms with E-state index >= 15 is 0 Å². The van der Waals surface area contributed by atoms with Crippen LogP contribution in [0.4, 0.5) is 10.5 Å². The summed E-state index contributed by atoms with van der Waals surface area (Å²) in [6, 6.07) is 12.6. The van der Waals surface area contributed by atoms with Crippen LogP contribution in [0.2, 0.25) is 0 Å². The van der Waals surface area contributed by atoms with Gasteiger partial charge >= 0.3 is 6.09 Å². The molecule has 6 nitrogen and oxygen atoms in total. The number of nitrogens with one attached hydrogen (secondary N) is 1. The van der Waals surface area contributed by atoms with Crippen LogP contribution >= 0.6 is 0 Å². The Bertz CT molecular complexity index is 612. The summed E-state index contributed by atoms with van der Waals surface area (Å²) < 4.78 is 5.07. The van der Waals surface area contributed by atoms with Crippen LogP contribution in [0.25, 0.3) is 0 Å². The van der Waals surface area contributed by atoms with Crippen molar-refractivity contribution in [1.29, 1.82) is 0 Å².